The van der Waals surface area contributed by atoms with Crippen LogP contribution in [0.1, 0.15) is 5.56 Å². The van der Waals surface area contributed by atoms with Crippen molar-refractivity contribution < 1.29 is 30.7 Å². The highest BCUT2D eigenvalue weighted by Crippen LogP contribution is 2.56. The van der Waals surface area contributed by atoms with E-state index in [-0.39, 0.29) is 14.5 Å². The van der Waals surface area contributed by atoms with Gasteiger partial charge in [-0.1, -0.05) is 31.9 Å². The van der Waals surface area contributed by atoms with Crippen molar-refractivity contribution in [3.05, 3.63) is 51.2 Å². The normalized spacial score (nSPS) is 13.2. The number of aromatic nitrogens is 1. The minimum Gasteiger partial charge on any atom is -0.265 e. The predicted octanol–water partition coefficient (Wildman–Crippen LogP) is 6.56. The van der Waals surface area contributed by atoms with Crippen LogP contribution in [-0.4, -0.2) is 17.3 Å². The van der Waals surface area contributed by atoms with Crippen LogP contribution in [0.25, 0.3) is 11.1 Å². The van der Waals surface area contributed by atoms with E-state index in [0.717, 1.165) is 0 Å². The molecule has 0 unspecified atom stereocenters. The van der Waals surface area contributed by atoms with Gasteiger partial charge < -0.3 is 0 Å². The molecule has 0 radical (unpaired) electrons. The van der Waals surface area contributed by atoms with Gasteiger partial charge in [-0.05, 0) is 29.8 Å². The number of hydrogen-bond donors (Lipinski definition) is 0. The summed E-state index contributed by atoms with van der Waals surface area (Å²) in [7, 11) is 0. The molecule has 1 aromatic carbocycles. The lowest BCUT2D eigenvalue weighted by Crippen LogP contribution is -2.50. The molecule has 0 atom stereocenters. The molecule has 1 aromatic heterocycles. The standard InChI is InChI=1S/C14H6Br2F7N/c15-8-5-9(12(17,13(18,19)20)14(21,22)23)11(10(16)6-8)7-1-3-24-4-2-7/h1-6H. The van der Waals surface area contributed by atoms with Gasteiger partial charge in [0.15, 0.2) is 0 Å². The van der Waals surface area contributed by atoms with E-state index in [1.54, 1.807) is 0 Å². The predicted molar refractivity (Wildman–Crippen MR) is 80.0 cm³/mol. The summed E-state index contributed by atoms with van der Waals surface area (Å²) in [5.41, 5.74) is -7.70. The Bertz CT molecular complexity index is 727. The maximum atomic E-state index is 14.5. The zero-order chi connectivity index (χ0) is 18.3. The van der Waals surface area contributed by atoms with E-state index in [1.807, 2.05) is 0 Å². The lowest BCUT2D eigenvalue weighted by molar-refractivity contribution is -0.348. The summed E-state index contributed by atoms with van der Waals surface area (Å²) in [6, 6.07) is 4.07. The molecule has 0 N–H and O–H groups in total. The molecular formula is C14H6Br2F7N. The van der Waals surface area contributed by atoms with Crippen molar-refractivity contribution in [1.82, 2.24) is 4.98 Å². The Kier molecular flexibility index (Phi) is 5.02. The van der Waals surface area contributed by atoms with Crippen LogP contribution in [0.2, 0.25) is 0 Å². The van der Waals surface area contributed by atoms with Gasteiger partial charge in [0, 0.05) is 32.5 Å². The number of rotatable bonds is 2. The Hall–Kier alpha value is -1.16. The zero-order valence-corrected chi connectivity index (χ0v) is 14.5. The van der Waals surface area contributed by atoms with Gasteiger partial charge in [0.1, 0.15) is 0 Å². The second kappa shape index (κ2) is 6.29. The fourth-order valence-electron chi connectivity index (χ4n) is 2.12. The van der Waals surface area contributed by atoms with E-state index in [2.05, 4.69) is 36.8 Å². The van der Waals surface area contributed by atoms with Crippen molar-refractivity contribution in [2.45, 2.75) is 18.0 Å². The highest BCUT2D eigenvalue weighted by molar-refractivity contribution is 9.11. The molecule has 130 valence electrons. The first kappa shape index (κ1) is 19.2. The number of nitrogens with zero attached hydrogens (tertiary/aromatic N) is 1. The second-order valence-corrected chi connectivity index (χ2v) is 6.47. The molecule has 0 aliphatic rings. The van der Waals surface area contributed by atoms with Gasteiger partial charge in [-0.3, -0.25) is 4.98 Å². The van der Waals surface area contributed by atoms with Crippen molar-refractivity contribution in [2.24, 2.45) is 0 Å². The van der Waals surface area contributed by atoms with Gasteiger partial charge in [-0.15, -0.1) is 0 Å². The average Bonchev–Trinajstić information content (AvgIpc) is 2.44. The molecular weight excluding hydrogens is 475 g/mol. The van der Waals surface area contributed by atoms with Crippen molar-refractivity contribution >= 4 is 31.9 Å². The lowest BCUT2D eigenvalue weighted by atomic mass is 9.87. The summed E-state index contributed by atoms with van der Waals surface area (Å²) in [4.78, 5) is 3.64. The number of benzene rings is 1. The van der Waals surface area contributed by atoms with Gasteiger partial charge in [0.2, 0.25) is 0 Å². The van der Waals surface area contributed by atoms with Crippen LogP contribution in [0, 0.1) is 0 Å². The Morgan fingerprint density at radius 2 is 1.29 bits per heavy atom. The molecule has 0 saturated heterocycles. The topological polar surface area (TPSA) is 12.9 Å². The van der Waals surface area contributed by atoms with Crippen LogP contribution in [-0.2, 0) is 5.67 Å². The highest BCUT2D eigenvalue weighted by atomic mass is 79.9. The molecule has 0 aliphatic heterocycles. The highest BCUT2D eigenvalue weighted by Gasteiger charge is 2.74. The third kappa shape index (κ3) is 3.17. The van der Waals surface area contributed by atoms with E-state index in [4.69, 9.17) is 0 Å². The number of hydrogen-bond acceptors (Lipinski definition) is 1. The quantitative estimate of drug-likeness (QED) is 0.443. The van der Waals surface area contributed by atoms with Crippen LogP contribution in [0.4, 0.5) is 30.7 Å². The summed E-state index contributed by atoms with van der Waals surface area (Å²) < 4.78 is 92.9. The number of halogens is 9. The Morgan fingerprint density at radius 3 is 1.75 bits per heavy atom. The summed E-state index contributed by atoms with van der Waals surface area (Å²) in [5, 5.41) is 0. The number of pyridine rings is 1. The molecule has 0 aliphatic carbocycles. The van der Waals surface area contributed by atoms with Gasteiger partial charge in [0.25, 0.3) is 0 Å². The molecule has 0 fully saturated rings. The average molecular weight is 481 g/mol. The Morgan fingerprint density at radius 1 is 0.792 bits per heavy atom. The maximum absolute atomic E-state index is 14.5. The van der Waals surface area contributed by atoms with Crippen LogP contribution in [0.3, 0.4) is 0 Å². The largest absolute Gasteiger partial charge is 0.435 e. The van der Waals surface area contributed by atoms with Crippen LogP contribution >= 0.6 is 31.9 Å². The molecule has 2 aromatic rings. The fraction of sp³-hybridized carbons (Fsp3) is 0.214. The van der Waals surface area contributed by atoms with E-state index < -0.39 is 29.1 Å². The van der Waals surface area contributed by atoms with Crippen LogP contribution < -0.4 is 0 Å². The van der Waals surface area contributed by atoms with Crippen molar-refractivity contribution in [3.63, 3.8) is 0 Å². The van der Waals surface area contributed by atoms with Crippen molar-refractivity contribution in [1.29, 1.82) is 0 Å². The third-order valence-electron chi connectivity index (χ3n) is 3.18. The Labute approximate surface area is 148 Å². The van der Waals surface area contributed by atoms with Crippen molar-refractivity contribution in [3.8, 4) is 11.1 Å². The molecule has 24 heavy (non-hydrogen) atoms. The third-order valence-corrected chi connectivity index (χ3v) is 4.26. The molecule has 0 saturated carbocycles. The number of alkyl halides is 7. The van der Waals surface area contributed by atoms with Crippen molar-refractivity contribution in [2.75, 3.05) is 0 Å². The van der Waals surface area contributed by atoms with Gasteiger partial charge in [-0.25, -0.2) is 4.39 Å². The molecule has 0 spiro atoms. The molecule has 1 nitrogen and oxygen atoms in total. The Balaban J connectivity index is 2.92. The van der Waals surface area contributed by atoms with Crippen LogP contribution in [0.15, 0.2) is 45.6 Å². The van der Waals surface area contributed by atoms with Gasteiger partial charge in [0.05, 0.1) is 0 Å². The maximum Gasteiger partial charge on any atom is 0.435 e. The first-order valence-corrected chi connectivity index (χ1v) is 7.70. The summed E-state index contributed by atoms with van der Waals surface area (Å²) in [6.07, 6.45) is -10.1. The summed E-state index contributed by atoms with van der Waals surface area (Å²) >= 11 is 5.71. The first-order chi connectivity index (χ1) is 10.9. The monoisotopic (exact) mass is 479 g/mol. The molecule has 0 amide bonds. The first-order valence-electron chi connectivity index (χ1n) is 6.12. The van der Waals surface area contributed by atoms with Crippen LogP contribution in [0.5, 0.6) is 0 Å². The fourth-order valence-corrected chi connectivity index (χ4v) is 3.58. The van der Waals surface area contributed by atoms with E-state index in [0.29, 0.717) is 6.07 Å². The minimum atomic E-state index is -6.20. The second-order valence-electron chi connectivity index (χ2n) is 4.70. The van der Waals surface area contributed by atoms with Gasteiger partial charge in [-0.2, -0.15) is 26.3 Å². The zero-order valence-electron chi connectivity index (χ0n) is 11.3. The SMILES string of the molecule is FC(F)(F)C(F)(c1cc(Br)cc(Br)c1-c1ccncc1)C(F)(F)F. The molecule has 0 bridgehead atoms. The van der Waals surface area contributed by atoms with Gasteiger partial charge >= 0.3 is 18.0 Å². The van der Waals surface area contributed by atoms with E-state index in [1.165, 1.54) is 30.6 Å². The molecule has 10 heteroatoms. The molecule has 2 rings (SSSR count). The van der Waals surface area contributed by atoms with E-state index >= 15 is 0 Å². The molecule has 1 heterocycles. The smallest absolute Gasteiger partial charge is 0.265 e. The minimum absolute atomic E-state index is 0.0464. The lowest BCUT2D eigenvalue weighted by Gasteiger charge is -2.32. The van der Waals surface area contributed by atoms with E-state index in [9.17, 15) is 30.7 Å². The summed E-state index contributed by atoms with van der Waals surface area (Å²) in [6.45, 7) is 0. The summed E-state index contributed by atoms with van der Waals surface area (Å²) in [5.74, 6) is 0.